The first kappa shape index (κ1) is 11.9. The van der Waals surface area contributed by atoms with E-state index < -0.39 is 5.91 Å². The number of ether oxygens (including phenoxy) is 1. The highest BCUT2D eigenvalue weighted by Gasteiger charge is 2.17. The standard InChI is InChI=1S/C12H11N3O3/c13-4-3-11(16)15-8-1-2-10-9(7-8)12(17)14-5-6-18-10/h1-2,7H,3,5-6H2,(H,14,17)(H,15,16). The van der Waals surface area contributed by atoms with Gasteiger partial charge in [0.05, 0.1) is 18.2 Å². The molecule has 6 heteroatoms. The molecule has 0 atom stereocenters. The molecule has 92 valence electrons. The zero-order valence-electron chi connectivity index (χ0n) is 9.53. The molecule has 1 aliphatic rings. The van der Waals surface area contributed by atoms with Gasteiger partial charge in [-0.3, -0.25) is 9.59 Å². The van der Waals surface area contributed by atoms with Gasteiger partial charge in [-0.25, -0.2) is 0 Å². The van der Waals surface area contributed by atoms with Crippen LogP contribution < -0.4 is 15.4 Å². The molecule has 2 rings (SSSR count). The first-order valence-corrected chi connectivity index (χ1v) is 5.42. The van der Waals surface area contributed by atoms with E-state index in [1.54, 1.807) is 18.2 Å². The summed E-state index contributed by atoms with van der Waals surface area (Å²) in [6, 6.07) is 6.54. The fourth-order valence-electron chi connectivity index (χ4n) is 1.61. The van der Waals surface area contributed by atoms with Crippen molar-refractivity contribution in [3.63, 3.8) is 0 Å². The molecule has 2 amide bonds. The third kappa shape index (κ3) is 2.58. The van der Waals surface area contributed by atoms with Gasteiger partial charge in [0.25, 0.3) is 5.91 Å². The van der Waals surface area contributed by atoms with Crippen molar-refractivity contribution < 1.29 is 14.3 Å². The van der Waals surface area contributed by atoms with Gasteiger partial charge >= 0.3 is 0 Å². The Balaban J connectivity index is 2.23. The van der Waals surface area contributed by atoms with Gasteiger partial charge < -0.3 is 15.4 Å². The Bertz CT molecular complexity index is 534. The van der Waals surface area contributed by atoms with E-state index in [-0.39, 0.29) is 12.3 Å². The van der Waals surface area contributed by atoms with Crippen LogP contribution in [0.4, 0.5) is 5.69 Å². The number of nitriles is 1. The Morgan fingerprint density at radius 2 is 2.39 bits per heavy atom. The molecule has 0 radical (unpaired) electrons. The van der Waals surface area contributed by atoms with E-state index in [0.29, 0.717) is 30.2 Å². The maximum Gasteiger partial charge on any atom is 0.255 e. The molecule has 0 bridgehead atoms. The Hall–Kier alpha value is -2.55. The van der Waals surface area contributed by atoms with Gasteiger partial charge in [-0.2, -0.15) is 5.26 Å². The summed E-state index contributed by atoms with van der Waals surface area (Å²) in [4.78, 5) is 23.0. The second kappa shape index (κ2) is 5.19. The molecule has 0 unspecified atom stereocenters. The Labute approximate surface area is 104 Å². The number of nitrogens with one attached hydrogen (secondary N) is 2. The topological polar surface area (TPSA) is 91.2 Å². The van der Waals surface area contributed by atoms with Crippen LogP contribution in [0, 0.1) is 11.3 Å². The van der Waals surface area contributed by atoms with E-state index >= 15 is 0 Å². The van der Waals surface area contributed by atoms with Crippen LogP contribution in [0.2, 0.25) is 0 Å². The molecule has 1 aromatic rings. The van der Waals surface area contributed by atoms with Crippen molar-refractivity contribution in [1.82, 2.24) is 5.32 Å². The zero-order chi connectivity index (χ0) is 13.0. The highest BCUT2D eigenvalue weighted by molar-refractivity contribution is 5.99. The number of carbonyl (C=O) groups excluding carboxylic acids is 2. The highest BCUT2D eigenvalue weighted by atomic mass is 16.5. The minimum atomic E-state index is -0.410. The van der Waals surface area contributed by atoms with Gasteiger partial charge in [0, 0.05) is 5.69 Å². The molecular formula is C12H11N3O3. The van der Waals surface area contributed by atoms with Crippen LogP contribution in [0.25, 0.3) is 0 Å². The Morgan fingerprint density at radius 3 is 3.17 bits per heavy atom. The minimum Gasteiger partial charge on any atom is -0.491 e. The number of carbonyl (C=O) groups is 2. The van der Waals surface area contributed by atoms with Crippen molar-refractivity contribution in [3.05, 3.63) is 23.8 Å². The van der Waals surface area contributed by atoms with Crippen LogP contribution in [0.1, 0.15) is 16.8 Å². The molecule has 0 spiro atoms. The first-order valence-electron chi connectivity index (χ1n) is 5.42. The van der Waals surface area contributed by atoms with Crippen LogP contribution in [0.15, 0.2) is 18.2 Å². The molecule has 2 N–H and O–H groups in total. The summed E-state index contributed by atoms with van der Waals surface area (Å²) in [6.45, 7) is 0.864. The molecule has 1 heterocycles. The normalized spacial score (nSPS) is 13.4. The molecule has 6 nitrogen and oxygen atoms in total. The lowest BCUT2D eigenvalue weighted by molar-refractivity contribution is -0.115. The van der Waals surface area contributed by atoms with Crippen molar-refractivity contribution in [2.45, 2.75) is 6.42 Å². The van der Waals surface area contributed by atoms with Crippen molar-refractivity contribution in [2.75, 3.05) is 18.5 Å². The van der Waals surface area contributed by atoms with Gasteiger partial charge in [0.15, 0.2) is 0 Å². The largest absolute Gasteiger partial charge is 0.491 e. The lowest BCUT2D eigenvalue weighted by Gasteiger charge is -2.08. The van der Waals surface area contributed by atoms with Crippen LogP contribution in [-0.4, -0.2) is 25.0 Å². The number of benzene rings is 1. The molecule has 0 aliphatic carbocycles. The summed E-state index contributed by atoms with van der Waals surface area (Å²) in [5.74, 6) is -0.158. The van der Waals surface area contributed by atoms with Crippen molar-refractivity contribution in [1.29, 1.82) is 5.26 Å². The van der Waals surface area contributed by atoms with Crippen molar-refractivity contribution in [3.8, 4) is 11.8 Å². The number of fused-ring (bicyclic) bond motifs is 1. The molecule has 0 saturated heterocycles. The van der Waals surface area contributed by atoms with Crippen LogP contribution in [0.5, 0.6) is 5.75 Å². The van der Waals surface area contributed by atoms with E-state index in [1.807, 2.05) is 0 Å². The third-order valence-electron chi connectivity index (χ3n) is 2.39. The molecular weight excluding hydrogens is 234 g/mol. The van der Waals surface area contributed by atoms with E-state index in [2.05, 4.69) is 10.6 Å². The molecule has 1 aliphatic heterocycles. The van der Waals surface area contributed by atoms with E-state index in [0.717, 1.165) is 0 Å². The fourth-order valence-corrected chi connectivity index (χ4v) is 1.61. The fraction of sp³-hybridized carbons (Fsp3) is 0.250. The Kier molecular flexibility index (Phi) is 3.44. The summed E-state index contributed by atoms with van der Waals surface area (Å²) in [6.07, 6.45) is -0.222. The number of rotatable bonds is 2. The van der Waals surface area contributed by atoms with Gasteiger partial charge in [-0.05, 0) is 18.2 Å². The number of nitrogens with zero attached hydrogens (tertiary/aromatic N) is 1. The van der Waals surface area contributed by atoms with E-state index in [9.17, 15) is 9.59 Å². The monoisotopic (exact) mass is 245 g/mol. The molecule has 1 aromatic carbocycles. The number of amides is 2. The van der Waals surface area contributed by atoms with E-state index in [1.165, 1.54) is 6.07 Å². The van der Waals surface area contributed by atoms with Gasteiger partial charge in [0.2, 0.25) is 5.91 Å². The molecule has 0 saturated carbocycles. The minimum absolute atomic E-state index is 0.222. The summed E-state index contributed by atoms with van der Waals surface area (Å²) in [5.41, 5.74) is 0.844. The first-order chi connectivity index (χ1) is 8.70. The Morgan fingerprint density at radius 1 is 1.56 bits per heavy atom. The highest BCUT2D eigenvalue weighted by Crippen LogP contribution is 2.24. The number of hydrogen-bond donors (Lipinski definition) is 2. The van der Waals surface area contributed by atoms with E-state index in [4.69, 9.17) is 10.00 Å². The van der Waals surface area contributed by atoms with Crippen LogP contribution in [-0.2, 0) is 4.79 Å². The molecule has 0 aromatic heterocycles. The van der Waals surface area contributed by atoms with Crippen LogP contribution >= 0.6 is 0 Å². The quantitative estimate of drug-likeness (QED) is 0.800. The average Bonchev–Trinajstić information content (AvgIpc) is 2.52. The maximum atomic E-state index is 11.7. The van der Waals surface area contributed by atoms with Crippen molar-refractivity contribution >= 4 is 17.5 Å². The van der Waals surface area contributed by atoms with Gasteiger partial charge in [-0.1, -0.05) is 0 Å². The average molecular weight is 245 g/mol. The molecule has 18 heavy (non-hydrogen) atoms. The SMILES string of the molecule is N#CCC(=O)Nc1ccc2c(c1)C(=O)NCCO2. The zero-order valence-corrected chi connectivity index (χ0v) is 9.53. The third-order valence-corrected chi connectivity index (χ3v) is 2.39. The lowest BCUT2D eigenvalue weighted by Crippen LogP contribution is -2.24. The maximum absolute atomic E-state index is 11.7. The summed E-state index contributed by atoms with van der Waals surface area (Å²) in [7, 11) is 0. The van der Waals surface area contributed by atoms with Gasteiger partial charge in [-0.15, -0.1) is 0 Å². The summed E-state index contributed by atoms with van der Waals surface area (Å²) in [5, 5.41) is 13.6. The lowest BCUT2D eigenvalue weighted by atomic mass is 10.1. The molecule has 0 fully saturated rings. The summed E-state index contributed by atoms with van der Waals surface area (Å²) >= 11 is 0. The predicted molar refractivity (Wildman–Crippen MR) is 63.1 cm³/mol. The number of anilines is 1. The van der Waals surface area contributed by atoms with Crippen molar-refractivity contribution in [2.24, 2.45) is 0 Å². The van der Waals surface area contributed by atoms with Crippen LogP contribution in [0.3, 0.4) is 0 Å². The van der Waals surface area contributed by atoms with Gasteiger partial charge in [0.1, 0.15) is 18.8 Å². The second-order valence-electron chi connectivity index (χ2n) is 3.70. The predicted octanol–water partition coefficient (Wildman–Crippen LogP) is 0.661. The number of hydrogen-bond acceptors (Lipinski definition) is 4. The summed E-state index contributed by atoms with van der Waals surface area (Å²) < 4.78 is 5.38. The second-order valence-corrected chi connectivity index (χ2v) is 3.70. The smallest absolute Gasteiger partial charge is 0.255 e.